The fraction of sp³-hybridized carbons (Fsp3) is 0.125. The first kappa shape index (κ1) is 14.9. The van der Waals surface area contributed by atoms with Gasteiger partial charge in [0.1, 0.15) is 17.3 Å². The molecule has 4 aromatic rings. The number of thiazole rings is 1. The van der Waals surface area contributed by atoms with E-state index in [0.29, 0.717) is 38.9 Å². The Morgan fingerprint density at radius 1 is 1.25 bits per heavy atom. The molecule has 3 heterocycles. The molecular weight excluding hydrogens is 329 g/mol. The van der Waals surface area contributed by atoms with E-state index in [0.717, 1.165) is 10.9 Å². The van der Waals surface area contributed by atoms with Crippen molar-refractivity contribution in [1.29, 1.82) is 0 Å². The van der Waals surface area contributed by atoms with Crippen LogP contribution < -0.4 is 11.1 Å². The maximum atomic E-state index is 14.1. The van der Waals surface area contributed by atoms with Gasteiger partial charge in [0, 0.05) is 23.7 Å². The molecule has 8 heteroatoms. The van der Waals surface area contributed by atoms with Crippen molar-refractivity contribution in [3.63, 3.8) is 0 Å². The Hall–Kier alpha value is -2.71. The number of pyridine rings is 1. The minimum absolute atomic E-state index is 0.00733. The average molecular weight is 343 g/mol. The fourth-order valence-electron chi connectivity index (χ4n) is 2.75. The first-order valence-corrected chi connectivity index (χ1v) is 8.16. The van der Waals surface area contributed by atoms with Crippen LogP contribution in [0.5, 0.6) is 0 Å². The van der Waals surface area contributed by atoms with E-state index >= 15 is 0 Å². The number of nitrogens with zero attached hydrogens (tertiary/aromatic N) is 2. The Labute approximate surface area is 140 Å². The van der Waals surface area contributed by atoms with E-state index < -0.39 is 0 Å². The predicted octanol–water partition coefficient (Wildman–Crippen LogP) is 2.97. The van der Waals surface area contributed by atoms with Crippen LogP contribution in [0.2, 0.25) is 0 Å². The third kappa shape index (κ3) is 2.45. The summed E-state index contributed by atoms with van der Waals surface area (Å²) in [5, 5.41) is 13.3. The van der Waals surface area contributed by atoms with Crippen molar-refractivity contribution >= 4 is 43.5 Å². The number of aromatic amines is 1. The minimum atomic E-state index is -0.341. The third-order valence-electron chi connectivity index (χ3n) is 3.71. The highest BCUT2D eigenvalue weighted by Gasteiger charge is 2.15. The summed E-state index contributed by atoms with van der Waals surface area (Å²) in [5.41, 5.74) is 8.61. The summed E-state index contributed by atoms with van der Waals surface area (Å²) < 4.78 is 14.8. The zero-order valence-corrected chi connectivity index (χ0v) is 13.3. The van der Waals surface area contributed by atoms with Crippen LogP contribution in [0.25, 0.3) is 32.4 Å². The summed E-state index contributed by atoms with van der Waals surface area (Å²) >= 11 is 1.26. The molecule has 0 aliphatic heterocycles. The van der Waals surface area contributed by atoms with Crippen molar-refractivity contribution in [2.24, 2.45) is 0 Å². The van der Waals surface area contributed by atoms with Crippen molar-refractivity contribution in [2.75, 3.05) is 24.2 Å². The average Bonchev–Trinajstić information content (AvgIpc) is 3.16. The van der Waals surface area contributed by atoms with Crippen LogP contribution in [0.1, 0.15) is 0 Å². The number of fused-ring (bicyclic) bond motifs is 2. The van der Waals surface area contributed by atoms with Gasteiger partial charge in [-0.3, -0.25) is 0 Å². The van der Waals surface area contributed by atoms with Crippen LogP contribution in [0.4, 0.5) is 15.3 Å². The molecule has 0 aliphatic carbocycles. The molecule has 0 saturated carbocycles. The number of nitrogen functional groups attached to an aromatic ring is 1. The van der Waals surface area contributed by atoms with Crippen molar-refractivity contribution in [3.05, 3.63) is 36.3 Å². The number of hydrogen-bond acceptors (Lipinski definition) is 6. The number of nitrogens with one attached hydrogen (secondary N) is 2. The van der Waals surface area contributed by atoms with Crippen LogP contribution in [-0.2, 0) is 0 Å². The number of nitrogens with two attached hydrogens (primary N) is 1. The van der Waals surface area contributed by atoms with E-state index in [-0.39, 0.29) is 12.4 Å². The maximum absolute atomic E-state index is 14.1. The first-order chi connectivity index (χ1) is 11.7. The lowest BCUT2D eigenvalue weighted by molar-refractivity contribution is 0.311. The molecule has 4 rings (SSSR count). The number of aliphatic hydroxyl groups excluding tert-OH is 1. The molecule has 0 aliphatic rings. The van der Waals surface area contributed by atoms with Crippen LogP contribution in [0.3, 0.4) is 0 Å². The number of aromatic nitrogens is 3. The SMILES string of the molecule is Nc1nc2c(-c3cc(NCCO)nc4[nH]ccc34)cc(F)cc2s1. The molecule has 0 saturated heterocycles. The summed E-state index contributed by atoms with van der Waals surface area (Å²) in [6, 6.07) is 6.61. The third-order valence-corrected chi connectivity index (χ3v) is 4.54. The van der Waals surface area contributed by atoms with Gasteiger partial charge >= 0.3 is 0 Å². The summed E-state index contributed by atoms with van der Waals surface area (Å²) in [7, 11) is 0. The molecule has 122 valence electrons. The van der Waals surface area contributed by atoms with Crippen LogP contribution in [0, 0.1) is 5.82 Å². The van der Waals surface area contributed by atoms with Crippen molar-refractivity contribution in [3.8, 4) is 11.1 Å². The standard InChI is InChI=1S/C16H14FN5OS/c17-8-5-11(14-12(6-8)24-16(18)22-14)10-7-13(19-3-4-23)21-15-9(10)1-2-20-15/h1-2,5-7,23H,3-4H2,(H2,18,22)(H2,19,20,21). The van der Waals surface area contributed by atoms with Crippen molar-refractivity contribution < 1.29 is 9.50 Å². The maximum Gasteiger partial charge on any atom is 0.181 e. The smallest absolute Gasteiger partial charge is 0.181 e. The van der Waals surface area contributed by atoms with Gasteiger partial charge in [0.05, 0.1) is 16.8 Å². The Balaban J connectivity index is 2.00. The molecule has 3 aromatic heterocycles. The van der Waals surface area contributed by atoms with Crippen LogP contribution in [-0.4, -0.2) is 33.2 Å². The normalized spacial score (nSPS) is 11.4. The van der Waals surface area contributed by atoms with Gasteiger partial charge in [-0.05, 0) is 29.8 Å². The summed E-state index contributed by atoms with van der Waals surface area (Å²) in [6.45, 7) is 0.369. The number of hydrogen-bond donors (Lipinski definition) is 4. The van der Waals surface area contributed by atoms with Gasteiger partial charge in [0.15, 0.2) is 5.13 Å². The van der Waals surface area contributed by atoms with Crippen molar-refractivity contribution in [2.45, 2.75) is 0 Å². The van der Waals surface area contributed by atoms with E-state index in [1.54, 1.807) is 6.20 Å². The Morgan fingerprint density at radius 3 is 2.96 bits per heavy atom. The quantitative estimate of drug-likeness (QED) is 0.456. The Bertz CT molecular complexity index is 1040. The lowest BCUT2D eigenvalue weighted by atomic mass is 10.0. The van der Waals surface area contributed by atoms with Gasteiger partial charge in [-0.1, -0.05) is 11.3 Å². The zero-order valence-electron chi connectivity index (χ0n) is 12.5. The highest BCUT2D eigenvalue weighted by atomic mass is 32.1. The molecule has 0 spiro atoms. The predicted molar refractivity (Wildman–Crippen MR) is 94.7 cm³/mol. The number of aliphatic hydroxyl groups is 1. The van der Waals surface area contributed by atoms with E-state index in [1.807, 2.05) is 12.1 Å². The molecular formula is C16H14FN5OS. The van der Waals surface area contributed by atoms with E-state index in [4.69, 9.17) is 10.8 Å². The van der Waals surface area contributed by atoms with Crippen LogP contribution in [0.15, 0.2) is 30.5 Å². The molecule has 0 unspecified atom stereocenters. The minimum Gasteiger partial charge on any atom is -0.395 e. The number of anilines is 2. The van der Waals surface area contributed by atoms with Gasteiger partial charge < -0.3 is 21.1 Å². The van der Waals surface area contributed by atoms with E-state index in [9.17, 15) is 4.39 Å². The number of H-pyrrole nitrogens is 1. The van der Waals surface area contributed by atoms with Gasteiger partial charge in [-0.2, -0.15) is 0 Å². The topological polar surface area (TPSA) is 99.8 Å². The zero-order chi connectivity index (χ0) is 16.7. The molecule has 0 fully saturated rings. The van der Waals surface area contributed by atoms with Gasteiger partial charge in [-0.15, -0.1) is 0 Å². The summed E-state index contributed by atoms with van der Waals surface area (Å²) in [6.07, 6.45) is 1.78. The molecule has 5 N–H and O–H groups in total. The summed E-state index contributed by atoms with van der Waals surface area (Å²) in [4.78, 5) is 11.9. The molecule has 6 nitrogen and oxygen atoms in total. The van der Waals surface area contributed by atoms with E-state index in [2.05, 4.69) is 20.3 Å². The highest BCUT2D eigenvalue weighted by Crippen LogP contribution is 2.37. The van der Waals surface area contributed by atoms with Crippen LogP contribution >= 0.6 is 11.3 Å². The Morgan fingerprint density at radius 2 is 2.12 bits per heavy atom. The van der Waals surface area contributed by atoms with Gasteiger partial charge in [0.2, 0.25) is 0 Å². The largest absolute Gasteiger partial charge is 0.395 e. The second-order valence-corrected chi connectivity index (χ2v) is 6.36. The summed E-state index contributed by atoms with van der Waals surface area (Å²) in [5.74, 6) is 0.251. The highest BCUT2D eigenvalue weighted by molar-refractivity contribution is 7.22. The molecule has 1 aromatic carbocycles. The number of halogens is 1. The number of rotatable bonds is 4. The molecule has 24 heavy (non-hydrogen) atoms. The number of benzene rings is 1. The molecule has 0 atom stereocenters. The molecule has 0 radical (unpaired) electrons. The first-order valence-electron chi connectivity index (χ1n) is 7.34. The lowest BCUT2D eigenvalue weighted by Gasteiger charge is -2.09. The lowest BCUT2D eigenvalue weighted by Crippen LogP contribution is -2.07. The second kappa shape index (κ2) is 5.73. The fourth-order valence-corrected chi connectivity index (χ4v) is 3.54. The second-order valence-electron chi connectivity index (χ2n) is 5.30. The van der Waals surface area contributed by atoms with E-state index in [1.165, 1.54) is 23.5 Å². The monoisotopic (exact) mass is 343 g/mol. The molecule has 0 amide bonds. The van der Waals surface area contributed by atoms with Gasteiger partial charge in [-0.25, -0.2) is 14.4 Å². The Kier molecular flexibility index (Phi) is 3.55. The molecule has 0 bridgehead atoms. The van der Waals surface area contributed by atoms with Crippen molar-refractivity contribution in [1.82, 2.24) is 15.0 Å². The van der Waals surface area contributed by atoms with Gasteiger partial charge in [0.25, 0.3) is 0 Å².